The van der Waals surface area contributed by atoms with Crippen LogP contribution in [0.5, 0.6) is 0 Å². The van der Waals surface area contributed by atoms with E-state index in [-0.39, 0.29) is 18.4 Å². The maximum atomic E-state index is 12.6. The lowest BCUT2D eigenvalue weighted by Crippen LogP contribution is -2.50. The monoisotopic (exact) mass is 324 g/mol. The molecule has 130 valence electrons. The molecule has 2 rings (SSSR count). The Bertz CT molecular complexity index is 475. The first-order valence-electron chi connectivity index (χ1n) is 8.29. The Labute approximate surface area is 137 Å². The van der Waals surface area contributed by atoms with Gasteiger partial charge < -0.3 is 24.4 Å². The third-order valence-corrected chi connectivity index (χ3v) is 4.14. The van der Waals surface area contributed by atoms with E-state index < -0.39 is 12.2 Å². The molecule has 2 N–H and O–H groups in total. The van der Waals surface area contributed by atoms with Gasteiger partial charge in [-0.2, -0.15) is 0 Å². The van der Waals surface area contributed by atoms with Gasteiger partial charge in [0.2, 0.25) is 5.91 Å². The van der Waals surface area contributed by atoms with E-state index in [0.29, 0.717) is 38.6 Å². The van der Waals surface area contributed by atoms with Crippen molar-refractivity contribution in [3.05, 3.63) is 24.5 Å². The van der Waals surface area contributed by atoms with Gasteiger partial charge in [-0.3, -0.25) is 4.79 Å². The van der Waals surface area contributed by atoms with E-state index in [1.54, 1.807) is 4.90 Å². The molecule has 0 saturated carbocycles. The van der Waals surface area contributed by atoms with Crippen molar-refractivity contribution in [3.8, 4) is 0 Å². The van der Waals surface area contributed by atoms with Gasteiger partial charge in [0.25, 0.3) is 0 Å². The Morgan fingerprint density at radius 1 is 1.30 bits per heavy atom. The normalized spacial score (nSPS) is 24.8. The number of hydrogen-bond donors (Lipinski definition) is 2. The molecular formula is C17H28N2O4. The van der Waals surface area contributed by atoms with E-state index in [1.165, 1.54) is 0 Å². The summed E-state index contributed by atoms with van der Waals surface area (Å²) in [6.45, 7) is 6.36. The highest BCUT2D eigenvalue weighted by molar-refractivity contribution is 5.76. The molecule has 6 nitrogen and oxygen atoms in total. The smallest absolute Gasteiger partial charge is 0.224 e. The highest BCUT2D eigenvalue weighted by Gasteiger charge is 2.33. The van der Waals surface area contributed by atoms with Crippen LogP contribution in [0.3, 0.4) is 0 Å². The van der Waals surface area contributed by atoms with Crippen LogP contribution in [-0.4, -0.2) is 64.1 Å². The molecule has 0 bridgehead atoms. The third kappa shape index (κ3) is 5.34. The lowest BCUT2D eigenvalue weighted by Gasteiger charge is -2.36. The second-order valence-corrected chi connectivity index (χ2v) is 6.72. The van der Waals surface area contributed by atoms with Crippen LogP contribution in [0.1, 0.15) is 20.3 Å². The number of carbonyl (C=O) groups is 1. The second kappa shape index (κ2) is 8.47. The van der Waals surface area contributed by atoms with E-state index >= 15 is 0 Å². The van der Waals surface area contributed by atoms with Crippen molar-refractivity contribution in [1.29, 1.82) is 0 Å². The average Bonchev–Trinajstić information content (AvgIpc) is 3.01. The Balaban J connectivity index is 1.93. The number of rotatable bonds is 7. The maximum absolute atomic E-state index is 12.6. The van der Waals surface area contributed by atoms with Crippen LogP contribution >= 0.6 is 0 Å². The minimum atomic E-state index is -0.871. The molecule has 2 heterocycles. The van der Waals surface area contributed by atoms with Crippen LogP contribution in [0.25, 0.3) is 0 Å². The zero-order valence-electron chi connectivity index (χ0n) is 14.0. The highest BCUT2D eigenvalue weighted by Crippen LogP contribution is 2.18. The van der Waals surface area contributed by atoms with E-state index in [4.69, 9.17) is 4.74 Å². The number of aliphatic hydroxyl groups excluding tert-OH is 2. The topological polar surface area (TPSA) is 74.9 Å². The van der Waals surface area contributed by atoms with Gasteiger partial charge in [0.05, 0.1) is 19.3 Å². The lowest BCUT2D eigenvalue weighted by molar-refractivity contribution is -0.142. The van der Waals surface area contributed by atoms with Gasteiger partial charge in [0.1, 0.15) is 6.10 Å². The molecule has 1 saturated heterocycles. The Morgan fingerprint density at radius 3 is 2.65 bits per heavy atom. The predicted octanol–water partition coefficient (Wildman–Crippen LogP) is 0.731. The molecule has 0 aliphatic carbocycles. The first-order valence-corrected chi connectivity index (χ1v) is 8.29. The van der Waals surface area contributed by atoms with Crippen molar-refractivity contribution in [2.24, 2.45) is 11.8 Å². The third-order valence-electron chi connectivity index (χ3n) is 4.14. The maximum Gasteiger partial charge on any atom is 0.224 e. The molecule has 23 heavy (non-hydrogen) atoms. The number of aliphatic hydroxyl groups is 2. The van der Waals surface area contributed by atoms with Crippen LogP contribution in [-0.2, 0) is 16.1 Å². The minimum Gasteiger partial charge on any atom is -0.390 e. The summed E-state index contributed by atoms with van der Waals surface area (Å²) < 4.78 is 7.30. The molecule has 1 amide bonds. The first kappa shape index (κ1) is 18.0. The summed E-state index contributed by atoms with van der Waals surface area (Å²) in [6.07, 6.45) is 2.60. The zero-order chi connectivity index (χ0) is 16.8. The molecule has 1 aromatic rings. The number of nitrogens with zero attached hydrogens (tertiary/aromatic N) is 2. The summed E-state index contributed by atoms with van der Waals surface area (Å²) in [6, 6.07) is 3.88. The second-order valence-electron chi connectivity index (χ2n) is 6.72. The summed E-state index contributed by atoms with van der Waals surface area (Å²) in [5.74, 6) is 0.171. The molecule has 1 fully saturated rings. The van der Waals surface area contributed by atoms with Crippen LogP contribution < -0.4 is 0 Å². The fourth-order valence-corrected chi connectivity index (χ4v) is 2.92. The first-order chi connectivity index (χ1) is 11.0. The zero-order valence-corrected chi connectivity index (χ0v) is 14.0. The molecule has 6 heteroatoms. The Hall–Kier alpha value is -1.37. The summed E-state index contributed by atoms with van der Waals surface area (Å²) in [7, 11) is 0. The number of aryl methyl sites for hydroxylation is 1. The van der Waals surface area contributed by atoms with Crippen molar-refractivity contribution >= 4 is 5.91 Å². The SMILES string of the molecule is CC(C)CN(C[C@@H]1COC[C@@H](O)[C@H]1O)C(=O)CCn1cccc1. The minimum absolute atomic E-state index is 0.0691. The molecule has 0 spiro atoms. The van der Waals surface area contributed by atoms with Crippen LogP contribution in [0.2, 0.25) is 0 Å². The van der Waals surface area contributed by atoms with Crippen molar-refractivity contribution < 1.29 is 19.7 Å². The van der Waals surface area contributed by atoms with Gasteiger partial charge in [-0.25, -0.2) is 0 Å². The predicted molar refractivity (Wildman–Crippen MR) is 86.8 cm³/mol. The molecule has 1 aromatic heterocycles. The highest BCUT2D eigenvalue weighted by atomic mass is 16.5. The molecule has 1 aliphatic rings. The number of aromatic nitrogens is 1. The molecule has 1 aliphatic heterocycles. The van der Waals surface area contributed by atoms with Gasteiger partial charge >= 0.3 is 0 Å². The molecule has 0 radical (unpaired) electrons. The average molecular weight is 324 g/mol. The van der Waals surface area contributed by atoms with E-state index in [2.05, 4.69) is 13.8 Å². The fourth-order valence-electron chi connectivity index (χ4n) is 2.92. The van der Waals surface area contributed by atoms with Gasteiger partial charge in [-0.1, -0.05) is 13.8 Å². The van der Waals surface area contributed by atoms with Crippen LogP contribution in [0, 0.1) is 11.8 Å². The molecule has 0 unspecified atom stereocenters. The number of hydrogen-bond acceptors (Lipinski definition) is 4. The fraction of sp³-hybridized carbons (Fsp3) is 0.706. The summed E-state index contributed by atoms with van der Waals surface area (Å²) in [5.41, 5.74) is 0. The van der Waals surface area contributed by atoms with Crippen LogP contribution in [0.15, 0.2) is 24.5 Å². The van der Waals surface area contributed by atoms with E-state index in [1.807, 2.05) is 29.1 Å². The summed E-state index contributed by atoms with van der Waals surface area (Å²) in [5, 5.41) is 19.8. The Morgan fingerprint density at radius 2 is 2.00 bits per heavy atom. The number of ether oxygens (including phenoxy) is 1. The van der Waals surface area contributed by atoms with Crippen LogP contribution in [0.4, 0.5) is 0 Å². The van der Waals surface area contributed by atoms with Gasteiger partial charge in [-0.05, 0) is 18.1 Å². The van der Waals surface area contributed by atoms with Crippen molar-refractivity contribution in [2.45, 2.75) is 39.0 Å². The van der Waals surface area contributed by atoms with Crippen molar-refractivity contribution in [3.63, 3.8) is 0 Å². The molecular weight excluding hydrogens is 296 g/mol. The summed E-state index contributed by atoms with van der Waals surface area (Å²) >= 11 is 0. The standard InChI is InChI=1S/C17H28N2O4/c1-13(2)9-19(10-14-11-23-12-15(20)17(14)22)16(21)5-8-18-6-3-4-7-18/h3-4,6-7,13-15,17,20,22H,5,8-12H2,1-2H3/t14-,15-,17+/m1/s1. The number of carbonyl (C=O) groups excluding carboxylic acids is 1. The van der Waals surface area contributed by atoms with Crippen molar-refractivity contribution in [1.82, 2.24) is 9.47 Å². The quantitative estimate of drug-likeness (QED) is 0.775. The van der Waals surface area contributed by atoms with Gasteiger partial charge in [-0.15, -0.1) is 0 Å². The molecule has 0 aromatic carbocycles. The van der Waals surface area contributed by atoms with Crippen molar-refractivity contribution in [2.75, 3.05) is 26.3 Å². The van der Waals surface area contributed by atoms with E-state index in [9.17, 15) is 15.0 Å². The Kier molecular flexibility index (Phi) is 6.62. The number of amides is 1. The largest absolute Gasteiger partial charge is 0.390 e. The lowest BCUT2D eigenvalue weighted by atomic mass is 9.95. The van der Waals surface area contributed by atoms with E-state index in [0.717, 1.165) is 0 Å². The molecule has 3 atom stereocenters. The van der Waals surface area contributed by atoms with Gasteiger partial charge in [0, 0.05) is 44.4 Å². The van der Waals surface area contributed by atoms with Gasteiger partial charge in [0.15, 0.2) is 0 Å². The summed E-state index contributed by atoms with van der Waals surface area (Å²) in [4.78, 5) is 14.4.